The minimum atomic E-state index is -1.02. The normalized spacial score (nSPS) is 20.0. The zero-order valence-electron chi connectivity index (χ0n) is 26.7. The molecule has 0 aromatic heterocycles. The summed E-state index contributed by atoms with van der Waals surface area (Å²) in [5.41, 5.74) is 2.69. The summed E-state index contributed by atoms with van der Waals surface area (Å²) in [7, 11) is 1.66. The Morgan fingerprint density at radius 1 is 0.894 bits per heavy atom. The molecule has 9 nitrogen and oxygen atoms in total. The Labute approximate surface area is 281 Å². The van der Waals surface area contributed by atoms with Gasteiger partial charge in [0.25, 0.3) is 0 Å². The average molecular weight is 664 g/mol. The van der Waals surface area contributed by atoms with E-state index in [1.807, 2.05) is 60.7 Å². The van der Waals surface area contributed by atoms with Gasteiger partial charge in [-0.2, -0.15) is 0 Å². The van der Waals surface area contributed by atoms with Crippen LogP contribution < -0.4 is 16.0 Å². The predicted octanol–water partition coefficient (Wildman–Crippen LogP) is 3.77. The van der Waals surface area contributed by atoms with Gasteiger partial charge in [-0.15, -0.1) is 12.4 Å². The summed E-state index contributed by atoms with van der Waals surface area (Å²) in [5.74, 6) is -1.48. The molecule has 4 atom stereocenters. The summed E-state index contributed by atoms with van der Waals surface area (Å²) >= 11 is 0. The van der Waals surface area contributed by atoms with Crippen molar-refractivity contribution in [3.8, 4) is 0 Å². The van der Waals surface area contributed by atoms with Crippen molar-refractivity contribution in [2.45, 2.75) is 69.2 Å². The Bertz CT molecular complexity index is 1470. The Morgan fingerprint density at radius 3 is 2.11 bits per heavy atom. The van der Waals surface area contributed by atoms with Crippen LogP contribution in [0.25, 0.3) is 0 Å². The number of carbonyl (C=O) groups is 4. The van der Waals surface area contributed by atoms with Gasteiger partial charge in [0.2, 0.25) is 23.6 Å². The van der Waals surface area contributed by atoms with E-state index in [1.54, 1.807) is 35.9 Å². The second kappa shape index (κ2) is 16.5. The molecule has 3 aromatic carbocycles. The van der Waals surface area contributed by atoms with E-state index in [-0.39, 0.29) is 60.9 Å². The first-order valence-electron chi connectivity index (χ1n) is 16.0. The Kier molecular flexibility index (Phi) is 12.5. The number of hydrogen-bond donors (Lipinski definition) is 3. The fourth-order valence-corrected chi connectivity index (χ4v) is 6.34. The van der Waals surface area contributed by atoms with E-state index in [0.717, 1.165) is 16.7 Å². The molecular weight excluding hydrogens is 621 g/mol. The largest absolute Gasteiger partial charge is 0.343 e. The van der Waals surface area contributed by atoms with Crippen molar-refractivity contribution >= 4 is 36.0 Å². The lowest BCUT2D eigenvalue weighted by Gasteiger charge is -2.39. The summed E-state index contributed by atoms with van der Waals surface area (Å²) in [6.45, 7) is 2.07. The minimum Gasteiger partial charge on any atom is -0.343 e. The first kappa shape index (κ1) is 35.6. The van der Waals surface area contributed by atoms with Gasteiger partial charge < -0.3 is 25.8 Å². The van der Waals surface area contributed by atoms with Gasteiger partial charge in [-0.3, -0.25) is 19.2 Å². The van der Waals surface area contributed by atoms with Crippen LogP contribution in [0.4, 0.5) is 4.39 Å². The van der Waals surface area contributed by atoms with Crippen molar-refractivity contribution in [2.75, 3.05) is 20.1 Å². The fourth-order valence-electron chi connectivity index (χ4n) is 6.34. The summed E-state index contributed by atoms with van der Waals surface area (Å²) in [5, 5.41) is 8.96. The SMILES string of the molecule is CN[C@@H](C)C(=O)N[C@H]1CN(C(=O)CCc2ccc(F)cc2)CC[C@H]2CC[C@@H](C(=O)NC(c3ccccc3)c3ccccc3)N2C1=O.Cl. The number of benzene rings is 3. The highest BCUT2D eigenvalue weighted by atomic mass is 35.5. The van der Waals surface area contributed by atoms with Crippen LogP contribution in [0.5, 0.6) is 0 Å². The molecule has 250 valence electrons. The van der Waals surface area contributed by atoms with E-state index < -0.39 is 24.2 Å². The van der Waals surface area contributed by atoms with Crippen LogP contribution in [0.1, 0.15) is 55.3 Å². The van der Waals surface area contributed by atoms with Crippen LogP contribution >= 0.6 is 12.4 Å². The maximum absolute atomic E-state index is 14.3. The molecule has 3 aromatic rings. The van der Waals surface area contributed by atoms with E-state index in [1.165, 1.54) is 12.1 Å². The molecule has 3 N–H and O–H groups in total. The first-order chi connectivity index (χ1) is 22.2. The molecule has 11 heteroatoms. The molecular formula is C36H43ClFN5O4. The van der Waals surface area contributed by atoms with Gasteiger partial charge >= 0.3 is 0 Å². The molecule has 47 heavy (non-hydrogen) atoms. The molecule has 0 radical (unpaired) electrons. The van der Waals surface area contributed by atoms with E-state index >= 15 is 0 Å². The lowest BCUT2D eigenvalue weighted by Crippen LogP contribution is -2.62. The van der Waals surface area contributed by atoms with Gasteiger partial charge in [0.05, 0.1) is 12.1 Å². The third-order valence-electron chi connectivity index (χ3n) is 9.08. The molecule has 0 spiro atoms. The number of rotatable bonds is 10. The summed E-state index contributed by atoms with van der Waals surface area (Å²) in [6, 6.07) is 22.5. The zero-order chi connectivity index (χ0) is 32.6. The first-order valence-corrected chi connectivity index (χ1v) is 16.0. The second-order valence-electron chi connectivity index (χ2n) is 12.1. The van der Waals surface area contributed by atoms with Crippen molar-refractivity contribution in [3.63, 3.8) is 0 Å². The third-order valence-corrected chi connectivity index (χ3v) is 9.08. The molecule has 5 rings (SSSR count). The molecule has 4 amide bonds. The van der Waals surface area contributed by atoms with Crippen LogP contribution in [-0.4, -0.2) is 77.7 Å². The quantitative estimate of drug-likeness (QED) is 0.306. The second-order valence-corrected chi connectivity index (χ2v) is 12.1. The highest BCUT2D eigenvalue weighted by molar-refractivity contribution is 5.94. The molecule has 0 unspecified atom stereocenters. The van der Waals surface area contributed by atoms with Crippen LogP contribution in [0.2, 0.25) is 0 Å². The number of hydrogen-bond acceptors (Lipinski definition) is 5. The number of nitrogens with one attached hydrogen (secondary N) is 3. The van der Waals surface area contributed by atoms with Crippen molar-refractivity contribution in [3.05, 3.63) is 107 Å². The molecule has 2 heterocycles. The van der Waals surface area contributed by atoms with E-state index in [4.69, 9.17) is 0 Å². The molecule has 0 saturated carbocycles. The zero-order valence-corrected chi connectivity index (χ0v) is 27.5. The lowest BCUT2D eigenvalue weighted by molar-refractivity contribution is -0.147. The highest BCUT2D eigenvalue weighted by Gasteiger charge is 2.46. The highest BCUT2D eigenvalue weighted by Crippen LogP contribution is 2.31. The van der Waals surface area contributed by atoms with Crippen LogP contribution in [0.3, 0.4) is 0 Å². The van der Waals surface area contributed by atoms with Gasteiger partial charge in [0.15, 0.2) is 0 Å². The molecule has 0 bridgehead atoms. The van der Waals surface area contributed by atoms with Crippen molar-refractivity contribution in [1.29, 1.82) is 0 Å². The summed E-state index contributed by atoms with van der Waals surface area (Å²) in [4.78, 5) is 58.0. The van der Waals surface area contributed by atoms with Crippen molar-refractivity contribution < 1.29 is 23.6 Å². The fraction of sp³-hybridized carbons (Fsp3) is 0.389. The van der Waals surface area contributed by atoms with E-state index in [0.29, 0.717) is 32.2 Å². The number of halogens is 2. The van der Waals surface area contributed by atoms with E-state index in [2.05, 4.69) is 16.0 Å². The Balaban J connectivity index is 0.00000500. The standard InChI is InChI=1S/C36H42FN5O4.ClH/c1-24(38-2)34(44)39-30-23-41(32(43)20-15-25-13-16-28(37)17-14-25)22-21-29-18-19-31(42(29)36(30)46)35(45)40-33(26-9-5-3-6-10-26)27-11-7-4-8-12-27;/h3-14,16-17,24,29-31,33,38H,15,18-23H2,1-2H3,(H,39,44)(H,40,45);1H/t24-,29+,30-,31-;/m0./s1. The van der Waals surface area contributed by atoms with Crippen LogP contribution in [0.15, 0.2) is 84.9 Å². The monoisotopic (exact) mass is 663 g/mol. The number of likely N-dealkylation sites (N-methyl/N-ethyl adjacent to an activating group) is 1. The molecule has 2 aliphatic rings. The maximum Gasteiger partial charge on any atom is 0.247 e. The smallest absolute Gasteiger partial charge is 0.247 e. The Hall–Kier alpha value is -4.28. The number of amides is 4. The van der Waals surface area contributed by atoms with Crippen molar-refractivity contribution in [2.24, 2.45) is 0 Å². The summed E-state index contributed by atoms with van der Waals surface area (Å²) < 4.78 is 13.4. The molecule has 2 aliphatic heterocycles. The minimum absolute atomic E-state index is 0. The summed E-state index contributed by atoms with van der Waals surface area (Å²) in [6.07, 6.45) is 2.22. The number of nitrogens with zero attached hydrogens (tertiary/aromatic N) is 2. The van der Waals surface area contributed by atoms with E-state index in [9.17, 15) is 23.6 Å². The number of fused-ring (bicyclic) bond motifs is 1. The average Bonchev–Trinajstić information content (AvgIpc) is 3.51. The third kappa shape index (κ3) is 8.75. The number of aryl methyl sites for hydroxylation is 1. The molecule has 2 saturated heterocycles. The van der Waals surface area contributed by atoms with Gasteiger partial charge in [-0.25, -0.2) is 4.39 Å². The molecule has 0 aliphatic carbocycles. The maximum atomic E-state index is 14.3. The topological polar surface area (TPSA) is 111 Å². The van der Waals surface area contributed by atoms with Gasteiger partial charge in [0, 0.05) is 25.6 Å². The van der Waals surface area contributed by atoms with Crippen LogP contribution in [-0.2, 0) is 25.6 Å². The molecule has 2 fully saturated rings. The Morgan fingerprint density at radius 2 is 1.51 bits per heavy atom. The van der Waals surface area contributed by atoms with Gasteiger partial charge in [-0.1, -0.05) is 72.8 Å². The van der Waals surface area contributed by atoms with Crippen molar-refractivity contribution in [1.82, 2.24) is 25.8 Å². The predicted molar refractivity (Wildman–Crippen MR) is 180 cm³/mol. The number of carbonyl (C=O) groups excluding carboxylic acids is 4. The lowest BCUT2D eigenvalue weighted by atomic mass is 9.98. The van der Waals surface area contributed by atoms with Crippen LogP contribution in [0, 0.1) is 5.82 Å². The van der Waals surface area contributed by atoms with Gasteiger partial charge in [-0.05, 0) is 68.5 Å². The van der Waals surface area contributed by atoms with Gasteiger partial charge in [0.1, 0.15) is 17.9 Å².